The maximum Gasteiger partial charge on any atom is 0.394 e. The van der Waals surface area contributed by atoms with Crippen LogP contribution in [0, 0.1) is 11.8 Å². The van der Waals surface area contributed by atoms with Crippen LogP contribution >= 0.6 is 12.4 Å². The second-order valence-corrected chi connectivity index (χ2v) is 21.3. The molecular weight excluding hydrogens is 934 g/mol. The number of carbonyl (C=O) groups excluding carboxylic acids is 3. The zero-order valence-corrected chi connectivity index (χ0v) is 42.8. The molecule has 6 aromatic rings. The first-order chi connectivity index (χ1) is 33.9. The Morgan fingerprint density at radius 1 is 0.611 bits per heavy atom. The lowest BCUT2D eigenvalue weighted by molar-refractivity contribution is -0.118. The molecule has 2 fully saturated rings. The molecule has 72 heavy (non-hydrogen) atoms. The highest BCUT2D eigenvalue weighted by molar-refractivity contribution is 5.94. The number of pyridine rings is 2. The smallest absolute Gasteiger partial charge is 0.394 e. The number of anilines is 2. The van der Waals surface area contributed by atoms with Crippen LogP contribution in [0.25, 0.3) is 22.3 Å². The average Bonchev–Trinajstić information content (AvgIpc) is 4.28. The molecule has 0 radical (unpaired) electrons. The average molecular weight is 1000 g/mol. The number of aryl methyl sites for hydroxylation is 2. The number of rotatable bonds is 10. The zero-order valence-electron chi connectivity index (χ0n) is 42.0. The van der Waals surface area contributed by atoms with Crippen molar-refractivity contribution in [1.29, 1.82) is 0 Å². The molecule has 2 atom stereocenters. The number of fused-ring (bicyclic) bond motifs is 2. The van der Waals surface area contributed by atoms with E-state index in [-0.39, 0.29) is 76.4 Å². The Morgan fingerprint density at radius 2 is 1.07 bits per heavy atom. The molecule has 10 rings (SSSR count). The third kappa shape index (κ3) is 13.8. The van der Waals surface area contributed by atoms with Crippen LogP contribution in [0.2, 0.25) is 0 Å². The van der Waals surface area contributed by atoms with Crippen molar-refractivity contribution in [2.24, 2.45) is 17.6 Å². The van der Waals surface area contributed by atoms with Crippen LogP contribution < -0.4 is 16.4 Å². The minimum atomic E-state index is -1.20. The highest BCUT2D eigenvalue weighted by Gasteiger charge is 2.32. The Hall–Kier alpha value is -6.65. The van der Waals surface area contributed by atoms with E-state index >= 15 is 0 Å². The molecule has 2 amide bonds. The molecule has 17 heteroatoms. The molecule has 0 saturated heterocycles. The number of Topliss-reactive ketones (excluding diaryl/α,β-unsaturated/α-hetero) is 1. The number of aromatic nitrogens is 6. The van der Waals surface area contributed by atoms with E-state index in [0.29, 0.717) is 29.7 Å². The third-order valence-electron chi connectivity index (χ3n) is 13.2. The van der Waals surface area contributed by atoms with Gasteiger partial charge in [0.05, 0.1) is 0 Å². The quantitative estimate of drug-likeness (QED) is 0.0737. The van der Waals surface area contributed by atoms with E-state index in [1.165, 1.54) is 35.1 Å². The van der Waals surface area contributed by atoms with Gasteiger partial charge in [-0.25, -0.2) is 14.8 Å². The number of hydrogen-bond donors (Lipinski definition) is 4. The number of hydrogen-bond acceptors (Lipinski definition) is 13. The van der Waals surface area contributed by atoms with Crippen molar-refractivity contribution >= 4 is 47.6 Å². The van der Waals surface area contributed by atoms with Crippen LogP contribution in [0.3, 0.4) is 0 Å². The second kappa shape index (κ2) is 22.8. The van der Waals surface area contributed by atoms with Crippen LogP contribution in [-0.4, -0.2) is 58.9 Å². The number of nitrogens with zero attached hydrogens (tertiary/aromatic N) is 6. The van der Waals surface area contributed by atoms with Gasteiger partial charge in [-0.15, -0.1) is 12.4 Å². The summed E-state index contributed by atoms with van der Waals surface area (Å²) in [6.45, 7) is 11.6. The van der Waals surface area contributed by atoms with Gasteiger partial charge in [-0.05, 0) is 139 Å². The number of carboxylic acid groups (broad SMARTS) is 1. The lowest BCUT2D eigenvalue weighted by Gasteiger charge is -2.17. The molecule has 0 unspecified atom stereocenters. The molecule has 4 heterocycles. The van der Waals surface area contributed by atoms with E-state index in [9.17, 15) is 19.2 Å². The fourth-order valence-corrected chi connectivity index (χ4v) is 8.74. The summed E-state index contributed by atoms with van der Waals surface area (Å²) in [4.78, 5) is 64.1. The van der Waals surface area contributed by atoms with Gasteiger partial charge in [-0.3, -0.25) is 14.4 Å². The number of nitrogens with two attached hydrogens (primary N) is 1. The van der Waals surface area contributed by atoms with Gasteiger partial charge >= 0.3 is 11.9 Å². The lowest BCUT2D eigenvalue weighted by Crippen LogP contribution is -2.14. The van der Waals surface area contributed by atoms with E-state index in [1.54, 1.807) is 12.4 Å². The number of carboxylic acids is 1. The maximum atomic E-state index is 13.0. The van der Waals surface area contributed by atoms with Gasteiger partial charge in [0.25, 0.3) is 5.89 Å². The van der Waals surface area contributed by atoms with Crippen LogP contribution in [-0.2, 0) is 33.3 Å². The summed E-state index contributed by atoms with van der Waals surface area (Å²) in [5, 5.41) is 21.9. The highest BCUT2D eigenvalue weighted by Crippen LogP contribution is 2.38. The van der Waals surface area contributed by atoms with Crippen LogP contribution in [0.5, 0.6) is 0 Å². The number of nitrogens with one attached hydrogen (secondary N) is 2. The first-order valence-corrected chi connectivity index (χ1v) is 24.9. The second-order valence-electron chi connectivity index (χ2n) is 21.3. The molecule has 4 aromatic heterocycles. The normalized spacial score (nSPS) is 17.4. The number of halogens is 1. The number of aromatic carboxylic acids is 1. The van der Waals surface area contributed by atoms with Gasteiger partial charge < -0.3 is 30.5 Å². The van der Waals surface area contributed by atoms with Crippen LogP contribution in [0.15, 0.2) is 82.1 Å². The standard InChI is InChI=1S/C28H32N4O3.C20H23N3O.C7H10N2O3.ClH/c1-28(2,3)27-31-26(35-32-27)23(33)15-21-7-5-4-6-20-14-18(10-11-22(20)21)19-12-13-29-24(16-19)30-25(34)17-8-9-17;21-18-4-2-1-3-16-11-14(7-8-17(16)18)15-9-10-22-19(12-15)23-20(24)13-5-6-13;1-7(2,3)6-8-4(5(10)11)12-9-6;/h10-14,16-17,21H,4-9,15H2,1-3H3,(H,29,30,34);7-13,18H,1-6,21H2,(H,22,23,24);1-3H3,(H,10,11);1H/t21-;18-;;/m01../s1. The van der Waals surface area contributed by atoms with E-state index in [0.717, 1.165) is 86.5 Å². The fraction of sp³-hybridized carbons (Fsp3) is 0.455. The molecule has 4 aliphatic rings. The van der Waals surface area contributed by atoms with Crippen molar-refractivity contribution in [2.45, 2.75) is 148 Å². The Morgan fingerprint density at radius 3 is 1.54 bits per heavy atom. The molecule has 4 aliphatic carbocycles. The minimum absolute atomic E-state index is 0. The van der Waals surface area contributed by atoms with E-state index < -0.39 is 5.97 Å². The number of ketones is 1. The van der Waals surface area contributed by atoms with Crippen molar-refractivity contribution in [1.82, 2.24) is 30.2 Å². The van der Waals surface area contributed by atoms with Crippen molar-refractivity contribution in [2.75, 3.05) is 10.6 Å². The van der Waals surface area contributed by atoms with Gasteiger partial charge in [0.1, 0.15) is 11.6 Å². The van der Waals surface area contributed by atoms with Gasteiger partial charge in [0, 0.05) is 47.5 Å². The first-order valence-electron chi connectivity index (χ1n) is 24.9. The Kier molecular flexibility index (Phi) is 16.9. The molecule has 2 saturated carbocycles. The minimum Gasteiger partial charge on any atom is -0.474 e. The lowest BCUT2D eigenvalue weighted by atomic mass is 9.87. The zero-order chi connectivity index (χ0) is 50.5. The van der Waals surface area contributed by atoms with E-state index in [2.05, 4.69) is 81.8 Å². The van der Waals surface area contributed by atoms with E-state index in [1.807, 2.05) is 65.8 Å². The Balaban J connectivity index is 0.000000177. The summed E-state index contributed by atoms with van der Waals surface area (Å²) < 4.78 is 9.79. The van der Waals surface area contributed by atoms with Crippen molar-refractivity contribution in [3.63, 3.8) is 0 Å². The van der Waals surface area contributed by atoms with Crippen molar-refractivity contribution in [3.8, 4) is 22.3 Å². The molecule has 0 aliphatic heterocycles. The summed E-state index contributed by atoms with van der Waals surface area (Å²) in [6, 6.07) is 21.0. The number of benzene rings is 2. The fourth-order valence-electron chi connectivity index (χ4n) is 8.74. The number of amides is 2. The molecule has 2 aromatic carbocycles. The van der Waals surface area contributed by atoms with Crippen LogP contribution in [0.4, 0.5) is 11.6 Å². The summed E-state index contributed by atoms with van der Waals surface area (Å²) >= 11 is 0. The van der Waals surface area contributed by atoms with Gasteiger partial charge in [0.15, 0.2) is 11.6 Å². The first kappa shape index (κ1) is 53.2. The van der Waals surface area contributed by atoms with Gasteiger partial charge in [-0.1, -0.05) is 101 Å². The van der Waals surface area contributed by atoms with Gasteiger partial charge in [-0.2, -0.15) is 9.97 Å². The Bertz CT molecular complexity index is 2890. The summed E-state index contributed by atoms with van der Waals surface area (Å²) in [6.07, 6.45) is 16.4. The monoisotopic (exact) mass is 999 g/mol. The maximum absolute atomic E-state index is 13.0. The van der Waals surface area contributed by atoms with Crippen LogP contribution in [0.1, 0.15) is 179 Å². The SMILES string of the molecule is CC(C)(C)c1noc(C(=O)C[C@@H]2CCCCc3cc(-c4ccnc(NC(=O)C5CC5)c4)ccc32)n1.CC(C)(C)c1noc(C(=O)O)n1.Cl.N[C@@H]1CCCCc2cc(-c3ccnc(NC(=O)C4CC4)c3)ccc21. The predicted octanol–water partition coefficient (Wildman–Crippen LogP) is 11.2. The third-order valence-corrected chi connectivity index (χ3v) is 13.2. The Labute approximate surface area is 426 Å². The molecule has 16 nitrogen and oxygen atoms in total. The summed E-state index contributed by atoms with van der Waals surface area (Å²) in [5.41, 5.74) is 15.2. The van der Waals surface area contributed by atoms with Crippen molar-refractivity contribution in [3.05, 3.63) is 119 Å². The topological polar surface area (TPSA) is 242 Å². The summed E-state index contributed by atoms with van der Waals surface area (Å²) in [7, 11) is 0. The van der Waals surface area contributed by atoms with E-state index in [4.69, 9.17) is 15.4 Å². The molecule has 380 valence electrons. The molecule has 0 spiro atoms. The molecule has 0 bridgehead atoms. The van der Waals surface area contributed by atoms with Crippen molar-refractivity contribution < 1.29 is 33.3 Å². The number of carbonyl (C=O) groups is 4. The molecular formula is C55H66ClN9O7. The largest absolute Gasteiger partial charge is 0.474 e. The molecule has 5 N–H and O–H groups in total. The van der Waals surface area contributed by atoms with Gasteiger partial charge in [0.2, 0.25) is 17.6 Å². The predicted molar refractivity (Wildman–Crippen MR) is 276 cm³/mol. The highest BCUT2D eigenvalue weighted by atomic mass is 35.5. The summed E-state index contributed by atoms with van der Waals surface area (Å²) in [5.74, 6) is 1.23.